The van der Waals surface area contributed by atoms with E-state index in [2.05, 4.69) is 23.8 Å². The van der Waals surface area contributed by atoms with Gasteiger partial charge in [-0.25, -0.2) is 9.97 Å². The van der Waals surface area contributed by atoms with Gasteiger partial charge in [0.25, 0.3) is 0 Å². The molecule has 0 fully saturated rings. The number of nitrogens with zero attached hydrogens (tertiary/aromatic N) is 2. The van der Waals surface area contributed by atoms with Crippen LogP contribution in [0.1, 0.15) is 36.5 Å². The van der Waals surface area contributed by atoms with E-state index in [0.717, 1.165) is 28.2 Å². The lowest BCUT2D eigenvalue weighted by Gasteiger charge is -2.05. The van der Waals surface area contributed by atoms with Crippen LogP contribution in [-0.4, -0.2) is 15.2 Å². The monoisotopic (exact) mass is 298 g/mol. The van der Waals surface area contributed by atoms with Crippen molar-refractivity contribution < 1.29 is 0 Å². The average Bonchev–Trinajstić information content (AvgIpc) is 2.85. The van der Waals surface area contributed by atoms with E-state index in [1.54, 1.807) is 11.3 Å². The third-order valence-corrected chi connectivity index (χ3v) is 5.66. The van der Waals surface area contributed by atoms with E-state index in [4.69, 9.17) is 11.6 Å². The van der Waals surface area contributed by atoms with Crippen LogP contribution in [0, 0.1) is 0 Å². The van der Waals surface area contributed by atoms with Gasteiger partial charge in [0.15, 0.2) is 0 Å². The van der Waals surface area contributed by atoms with Crippen LogP contribution < -0.4 is 0 Å². The molecule has 0 bridgehead atoms. The number of aryl methyl sites for hydroxylation is 2. The Bertz CT molecular complexity index is 592. The molecule has 0 N–H and O–H groups in total. The summed E-state index contributed by atoms with van der Waals surface area (Å²) in [6.45, 7) is 4.37. The zero-order valence-corrected chi connectivity index (χ0v) is 12.9. The van der Waals surface area contributed by atoms with Gasteiger partial charge in [0.05, 0.1) is 11.1 Å². The van der Waals surface area contributed by atoms with Crippen LogP contribution in [0.4, 0.5) is 0 Å². The van der Waals surface area contributed by atoms with Gasteiger partial charge >= 0.3 is 0 Å². The van der Waals surface area contributed by atoms with Crippen molar-refractivity contribution in [1.29, 1.82) is 0 Å². The molecule has 0 atom stereocenters. The lowest BCUT2D eigenvalue weighted by molar-refractivity contribution is 0.916. The van der Waals surface area contributed by atoms with Crippen LogP contribution in [0.15, 0.2) is 0 Å². The van der Waals surface area contributed by atoms with Crippen molar-refractivity contribution in [3.05, 3.63) is 21.4 Å². The van der Waals surface area contributed by atoms with Crippen molar-refractivity contribution in [3.63, 3.8) is 0 Å². The first-order valence-corrected chi connectivity index (χ1v) is 8.47. The molecule has 2 heterocycles. The molecule has 1 aliphatic carbocycles. The number of hydrogen-bond acceptors (Lipinski definition) is 4. The van der Waals surface area contributed by atoms with Crippen LogP contribution in [0.3, 0.4) is 0 Å². The van der Waals surface area contributed by atoms with Crippen molar-refractivity contribution in [1.82, 2.24) is 9.97 Å². The Morgan fingerprint density at radius 1 is 1.33 bits per heavy atom. The molecule has 0 saturated carbocycles. The van der Waals surface area contributed by atoms with Gasteiger partial charge in [-0.3, -0.25) is 0 Å². The average molecular weight is 299 g/mol. The minimum absolute atomic E-state index is 0.594. The van der Waals surface area contributed by atoms with Gasteiger partial charge < -0.3 is 0 Å². The van der Waals surface area contributed by atoms with Crippen LogP contribution >= 0.6 is 34.7 Å². The van der Waals surface area contributed by atoms with Crippen molar-refractivity contribution in [3.8, 4) is 0 Å². The quantitative estimate of drug-likeness (QED) is 0.782. The minimum atomic E-state index is 0.594. The Kier molecular flexibility index (Phi) is 3.52. The van der Waals surface area contributed by atoms with Crippen molar-refractivity contribution >= 4 is 44.9 Å². The van der Waals surface area contributed by atoms with Crippen molar-refractivity contribution in [2.24, 2.45) is 0 Å². The molecule has 96 valence electrons. The number of halogens is 1. The molecule has 2 aromatic rings. The highest BCUT2D eigenvalue weighted by Crippen LogP contribution is 2.39. The first-order valence-electron chi connectivity index (χ1n) is 6.23. The van der Waals surface area contributed by atoms with Gasteiger partial charge in [-0.05, 0) is 30.1 Å². The van der Waals surface area contributed by atoms with E-state index >= 15 is 0 Å². The molecule has 5 heteroatoms. The van der Waals surface area contributed by atoms with Crippen LogP contribution in [0.25, 0.3) is 10.2 Å². The fourth-order valence-corrected chi connectivity index (χ4v) is 4.55. The summed E-state index contributed by atoms with van der Waals surface area (Å²) >= 11 is 10.0. The summed E-state index contributed by atoms with van der Waals surface area (Å²) in [7, 11) is 0. The summed E-state index contributed by atoms with van der Waals surface area (Å²) in [5.74, 6) is 1.71. The molecule has 3 rings (SSSR count). The highest BCUT2D eigenvalue weighted by molar-refractivity contribution is 7.99. The maximum Gasteiger partial charge on any atom is 0.141 e. The molecule has 0 radical (unpaired) electrons. The van der Waals surface area contributed by atoms with E-state index in [1.165, 1.54) is 23.3 Å². The summed E-state index contributed by atoms with van der Waals surface area (Å²) in [5.41, 5.74) is 1.41. The Balaban J connectivity index is 2.01. The molecule has 18 heavy (non-hydrogen) atoms. The topological polar surface area (TPSA) is 25.8 Å². The van der Waals surface area contributed by atoms with Crippen molar-refractivity contribution in [2.45, 2.75) is 44.1 Å². The van der Waals surface area contributed by atoms with E-state index < -0.39 is 0 Å². The second-order valence-electron chi connectivity index (χ2n) is 4.83. The smallest absolute Gasteiger partial charge is 0.141 e. The van der Waals surface area contributed by atoms with E-state index in [-0.39, 0.29) is 0 Å². The predicted molar refractivity (Wildman–Crippen MR) is 80.9 cm³/mol. The number of thiophene rings is 1. The van der Waals surface area contributed by atoms with Gasteiger partial charge in [-0.2, -0.15) is 11.8 Å². The first kappa shape index (κ1) is 12.7. The Morgan fingerprint density at radius 3 is 2.94 bits per heavy atom. The van der Waals surface area contributed by atoms with E-state index in [0.29, 0.717) is 10.4 Å². The van der Waals surface area contributed by atoms with Crippen molar-refractivity contribution in [2.75, 3.05) is 0 Å². The Hall–Kier alpha value is -0.320. The largest absolute Gasteiger partial charge is 0.221 e. The molecule has 0 aliphatic heterocycles. The number of fused-ring (bicyclic) bond motifs is 3. The summed E-state index contributed by atoms with van der Waals surface area (Å²) in [4.78, 5) is 11.7. The van der Waals surface area contributed by atoms with Gasteiger partial charge in [0.1, 0.15) is 15.8 Å². The summed E-state index contributed by atoms with van der Waals surface area (Å²) in [6, 6.07) is 0. The molecule has 2 aromatic heterocycles. The van der Waals surface area contributed by atoms with Crippen LogP contribution in [0.2, 0.25) is 5.15 Å². The lowest BCUT2D eigenvalue weighted by Crippen LogP contribution is -1.96. The highest BCUT2D eigenvalue weighted by atomic mass is 35.5. The summed E-state index contributed by atoms with van der Waals surface area (Å²) in [6.07, 6.45) is 3.57. The number of thioether (sulfide) groups is 1. The number of rotatable bonds is 3. The van der Waals surface area contributed by atoms with Crippen LogP contribution in [-0.2, 0) is 18.6 Å². The molecule has 1 aliphatic rings. The first-order chi connectivity index (χ1) is 8.65. The zero-order valence-electron chi connectivity index (χ0n) is 10.5. The second-order valence-corrected chi connectivity index (χ2v) is 7.83. The van der Waals surface area contributed by atoms with Gasteiger partial charge in [-0.1, -0.05) is 25.4 Å². The highest BCUT2D eigenvalue weighted by Gasteiger charge is 2.21. The molecule has 0 spiro atoms. The predicted octanol–water partition coefficient (Wildman–Crippen LogP) is 4.48. The second kappa shape index (κ2) is 4.99. The normalized spacial score (nSPS) is 14.7. The Labute approximate surface area is 120 Å². The minimum Gasteiger partial charge on any atom is -0.221 e. The molecular formula is C13H15ClN2S2. The maximum atomic E-state index is 6.35. The SMILES string of the molecule is CC(C)SCc1nc(Cl)c2c3c(sc2n1)CCC3. The number of hydrogen-bond donors (Lipinski definition) is 0. The maximum absolute atomic E-state index is 6.35. The number of aromatic nitrogens is 2. The molecule has 0 amide bonds. The lowest BCUT2D eigenvalue weighted by atomic mass is 10.2. The molecule has 0 aromatic carbocycles. The molecular weight excluding hydrogens is 284 g/mol. The molecule has 2 nitrogen and oxygen atoms in total. The molecule has 0 unspecified atom stereocenters. The Morgan fingerprint density at radius 2 is 2.17 bits per heavy atom. The van der Waals surface area contributed by atoms with Crippen LogP contribution in [0.5, 0.6) is 0 Å². The third-order valence-electron chi connectivity index (χ3n) is 3.11. The zero-order chi connectivity index (χ0) is 12.7. The summed E-state index contributed by atoms with van der Waals surface area (Å²) in [5, 5.41) is 2.36. The van der Waals surface area contributed by atoms with Gasteiger partial charge in [0, 0.05) is 4.88 Å². The van der Waals surface area contributed by atoms with Gasteiger partial charge in [0.2, 0.25) is 0 Å². The fourth-order valence-electron chi connectivity index (χ4n) is 2.30. The third kappa shape index (κ3) is 2.26. The van der Waals surface area contributed by atoms with E-state index in [9.17, 15) is 0 Å². The van der Waals surface area contributed by atoms with Gasteiger partial charge in [-0.15, -0.1) is 11.3 Å². The summed E-state index contributed by atoms with van der Waals surface area (Å²) < 4.78 is 0. The molecule has 0 saturated heterocycles. The fraction of sp³-hybridized carbons (Fsp3) is 0.538. The van der Waals surface area contributed by atoms with E-state index in [1.807, 2.05) is 11.8 Å². The standard InChI is InChI=1S/C13H15ClN2S2/c1-7(2)17-6-10-15-12(14)11-8-4-3-5-9(8)18-13(11)16-10/h7H,3-6H2,1-2H3.